The van der Waals surface area contributed by atoms with Crippen LogP contribution >= 0.6 is 0 Å². The van der Waals surface area contributed by atoms with E-state index < -0.39 is 35.0 Å². The van der Waals surface area contributed by atoms with E-state index in [0.29, 0.717) is 0 Å². The minimum absolute atomic E-state index is 0.0358. The van der Waals surface area contributed by atoms with Crippen molar-refractivity contribution in [3.63, 3.8) is 0 Å². The standard InChI is InChI=1S/C15H9F7O3/c1-24-10-5-3-2-4-9(10)11-6-8(7-12(23)25-11)13(16,17)14(18,19)15(20,21)22/h2-7H,1H3. The quantitative estimate of drug-likeness (QED) is 0.739. The van der Waals surface area contributed by atoms with Gasteiger partial charge in [0.25, 0.3) is 0 Å². The van der Waals surface area contributed by atoms with Gasteiger partial charge >= 0.3 is 23.6 Å². The van der Waals surface area contributed by atoms with Crippen molar-refractivity contribution in [2.75, 3.05) is 7.11 Å². The van der Waals surface area contributed by atoms with Crippen LogP contribution < -0.4 is 10.4 Å². The lowest BCUT2D eigenvalue weighted by molar-refractivity contribution is -0.359. The lowest BCUT2D eigenvalue weighted by atomic mass is 10.0. The Kier molecular flexibility index (Phi) is 4.58. The summed E-state index contributed by atoms with van der Waals surface area (Å²) in [7, 11) is 1.20. The van der Waals surface area contributed by atoms with E-state index in [-0.39, 0.29) is 23.4 Å². The third-order valence-electron chi connectivity index (χ3n) is 3.26. The fraction of sp³-hybridized carbons (Fsp3) is 0.267. The fourth-order valence-corrected chi connectivity index (χ4v) is 2.00. The molecule has 1 aromatic heterocycles. The molecule has 0 aliphatic carbocycles. The van der Waals surface area contributed by atoms with Gasteiger partial charge in [-0.2, -0.15) is 30.7 Å². The van der Waals surface area contributed by atoms with Gasteiger partial charge in [-0.05, 0) is 18.2 Å². The molecule has 2 aromatic rings. The van der Waals surface area contributed by atoms with Gasteiger partial charge in [0.15, 0.2) is 0 Å². The largest absolute Gasteiger partial charge is 0.496 e. The summed E-state index contributed by atoms with van der Waals surface area (Å²) in [5, 5.41) is 0. The van der Waals surface area contributed by atoms with Crippen LogP contribution in [0.1, 0.15) is 5.56 Å². The molecule has 0 aliphatic heterocycles. The summed E-state index contributed by atoms with van der Waals surface area (Å²) in [5.41, 5.74) is -3.42. The van der Waals surface area contributed by atoms with E-state index >= 15 is 0 Å². The van der Waals surface area contributed by atoms with E-state index in [4.69, 9.17) is 4.74 Å². The highest BCUT2D eigenvalue weighted by atomic mass is 19.4. The molecule has 0 radical (unpaired) electrons. The molecule has 0 atom stereocenters. The molecule has 0 bridgehead atoms. The van der Waals surface area contributed by atoms with Crippen LogP contribution in [0.5, 0.6) is 5.75 Å². The number of alkyl halides is 7. The Bertz CT molecular complexity index is 824. The summed E-state index contributed by atoms with van der Waals surface area (Å²) in [6.07, 6.45) is -6.52. The van der Waals surface area contributed by atoms with Crippen molar-refractivity contribution < 1.29 is 39.9 Å². The molecule has 0 spiro atoms. The topological polar surface area (TPSA) is 39.4 Å². The first-order valence-electron chi connectivity index (χ1n) is 6.53. The Balaban J connectivity index is 2.66. The average molecular weight is 370 g/mol. The zero-order chi connectivity index (χ0) is 19.0. The molecule has 0 saturated carbocycles. The van der Waals surface area contributed by atoms with Gasteiger partial charge in [0.1, 0.15) is 11.5 Å². The second-order valence-electron chi connectivity index (χ2n) is 4.88. The van der Waals surface area contributed by atoms with Crippen LogP contribution in [-0.2, 0) is 5.92 Å². The summed E-state index contributed by atoms with van der Waals surface area (Å²) in [5.74, 6) is -12.7. The van der Waals surface area contributed by atoms with E-state index in [9.17, 15) is 35.5 Å². The number of benzene rings is 1. The van der Waals surface area contributed by atoms with Crippen LogP contribution in [-0.4, -0.2) is 19.2 Å². The van der Waals surface area contributed by atoms with Gasteiger partial charge in [-0.25, -0.2) is 4.79 Å². The van der Waals surface area contributed by atoms with Crippen molar-refractivity contribution in [2.24, 2.45) is 0 Å². The second kappa shape index (κ2) is 6.08. The van der Waals surface area contributed by atoms with Gasteiger partial charge in [-0.15, -0.1) is 0 Å². The normalized spacial score (nSPS) is 13.0. The maximum Gasteiger partial charge on any atom is 0.460 e. The third kappa shape index (κ3) is 3.20. The molecule has 25 heavy (non-hydrogen) atoms. The van der Waals surface area contributed by atoms with Crippen molar-refractivity contribution in [3.05, 3.63) is 52.4 Å². The summed E-state index contributed by atoms with van der Waals surface area (Å²) in [6.45, 7) is 0. The van der Waals surface area contributed by atoms with Crippen LogP contribution in [0.15, 0.2) is 45.6 Å². The molecular weight excluding hydrogens is 361 g/mol. The fourth-order valence-electron chi connectivity index (χ4n) is 2.00. The Morgan fingerprint density at radius 2 is 1.56 bits per heavy atom. The number of methoxy groups -OCH3 is 1. The molecule has 10 heteroatoms. The summed E-state index contributed by atoms with van der Waals surface area (Å²) in [4.78, 5) is 11.4. The smallest absolute Gasteiger partial charge is 0.460 e. The van der Waals surface area contributed by atoms with Crippen LogP contribution in [0, 0.1) is 0 Å². The first-order chi connectivity index (χ1) is 11.4. The molecule has 0 N–H and O–H groups in total. The number of para-hydroxylation sites is 1. The molecule has 1 aromatic carbocycles. The molecule has 0 amide bonds. The highest BCUT2D eigenvalue weighted by Gasteiger charge is 2.73. The summed E-state index contributed by atoms with van der Waals surface area (Å²) >= 11 is 0. The van der Waals surface area contributed by atoms with Crippen LogP contribution in [0.2, 0.25) is 0 Å². The van der Waals surface area contributed by atoms with Crippen molar-refractivity contribution >= 4 is 0 Å². The zero-order valence-electron chi connectivity index (χ0n) is 12.3. The van der Waals surface area contributed by atoms with Gasteiger partial charge in [0.05, 0.1) is 12.7 Å². The monoisotopic (exact) mass is 370 g/mol. The van der Waals surface area contributed by atoms with E-state index in [2.05, 4.69) is 4.42 Å². The maximum absolute atomic E-state index is 13.8. The lowest BCUT2D eigenvalue weighted by Crippen LogP contribution is -2.50. The maximum atomic E-state index is 13.8. The van der Waals surface area contributed by atoms with Crippen molar-refractivity contribution in [3.8, 4) is 17.1 Å². The van der Waals surface area contributed by atoms with Crippen molar-refractivity contribution in [1.29, 1.82) is 0 Å². The second-order valence-corrected chi connectivity index (χ2v) is 4.88. The van der Waals surface area contributed by atoms with Crippen molar-refractivity contribution in [1.82, 2.24) is 0 Å². The minimum atomic E-state index is -6.52. The number of halogens is 7. The molecule has 0 fully saturated rings. The molecule has 136 valence electrons. The third-order valence-corrected chi connectivity index (χ3v) is 3.26. The van der Waals surface area contributed by atoms with E-state index in [1.807, 2.05) is 0 Å². The van der Waals surface area contributed by atoms with Gasteiger partial charge in [0, 0.05) is 11.6 Å². The van der Waals surface area contributed by atoms with E-state index in [1.54, 1.807) is 0 Å². The minimum Gasteiger partial charge on any atom is -0.496 e. The summed E-state index contributed by atoms with van der Waals surface area (Å²) in [6, 6.07) is 5.62. The predicted octanol–water partition coefficient (Wildman–Crippen LogP) is 4.60. The summed E-state index contributed by atoms with van der Waals surface area (Å²) < 4.78 is 100. The Morgan fingerprint density at radius 1 is 0.960 bits per heavy atom. The molecule has 3 nitrogen and oxygen atoms in total. The van der Waals surface area contributed by atoms with E-state index in [1.165, 1.54) is 31.4 Å². The lowest BCUT2D eigenvalue weighted by Gasteiger charge is -2.28. The van der Waals surface area contributed by atoms with Gasteiger partial charge < -0.3 is 9.15 Å². The Labute approximate surface area is 135 Å². The molecule has 0 aliphatic rings. The molecule has 2 rings (SSSR count). The average Bonchev–Trinajstić information content (AvgIpc) is 2.53. The van der Waals surface area contributed by atoms with Crippen LogP contribution in [0.3, 0.4) is 0 Å². The highest BCUT2D eigenvalue weighted by molar-refractivity contribution is 5.66. The number of hydrogen-bond acceptors (Lipinski definition) is 3. The number of ether oxygens (including phenoxy) is 1. The number of rotatable bonds is 4. The first kappa shape index (κ1) is 18.8. The molecule has 0 unspecified atom stereocenters. The first-order valence-corrected chi connectivity index (χ1v) is 6.53. The molecule has 1 heterocycles. The van der Waals surface area contributed by atoms with Crippen LogP contribution in [0.25, 0.3) is 11.3 Å². The van der Waals surface area contributed by atoms with Gasteiger partial charge in [0.2, 0.25) is 0 Å². The zero-order valence-corrected chi connectivity index (χ0v) is 12.3. The Hall–Kier alpha value is -2.52. The SMILES string of the molecule is COc1ccccc1-c1cc(C(F)(F)C(F)(F)C(F)(F)F)cc(=O)o1. The van der Waals surface area contributed by atoms with Crippen LogP contribution in [0.4, 0.5) is 30.7 Å². The van der Waals surface area contributed by atoms with Crippen molar-refractivity contribution in [2.45, 2.75) is 18.0 Å². The highest BCUT2D eigenvalue weighted by Crippen LogP contribution is 2.52. The van der Waals surface area contributed by atoms with E-state index in [0.717, 1.165) is 0 Å². The Morgan fingerprint density at radius 3 is 2.12 bits per heavy atom. The molecular formula is C15H9F7O3. The molecule has 0 saturated heterocycles. The number of hydrogen-bond donors (Lipinski definition) is 0. The van der Waals surface area contributed by atoms with Gasteiger partial charge in [-0.3, -0.25) is 0 Å². The predicted molar refractivity (Wildman–Crippen MR) is 71.9 cm³/mol. The van der Waals surface area contributed by atoms with Gasteiger partial charge in [-0.1, -0.05) is 12.1 Å².